The molecule has 0 saturated carbocycles. The lowest BCUT2D eigenvalue weighted by Crippen LogP contribution is -2.57. The number of para-hydroxylation sites is 1. The number of amides is 2. The monoisotopic (exact) mass is 262 g/mol. The Morgan fingerprint density at radius 3 is 2.74 bits per heavy atom. The Balaban J connectivity index is 2.24. The van der Waals surface area contributed by atoms with Crippen molar-refractivity contribution in [2.24, 2.45) is 0 Å². The van der Waals surface area contributed by atoms with Crippen molar-refractivity contribution in [3.63, 3.8) is 0 Å². The van der Waals surface area contributed by atoms with Gasteiger partial charge in [0.1, 0.15) is 6.23 Å². The molecule has 2 atom stereocenters. The Morgan fingerprint density at radius 1 is 1.32 bits per heavy atom. The van der Waals surface area contributed by atoms with E-state index in [1.165, 1.54) is 11.9 Å². The van der Waals surface area contributed by atoms with E-state index in [9.17, 15) is 19.8 Å². The number of likely N-dealkylation sites (N-methyl/N-ethyl adjacent to an activating group) is 1. The molecule has 19 heavy (non-hydrogen) atoms. The number of fused-ring (bicyclic) bond motifs is 2. The SMILES string of the molecule is CN1C(=O)C2(O)CCC(O)N2C(=O)c2ccccc21. The third kappa shape index (κ3) is 1.44. The minimum absolute atomic E-state index is 0.0388. The second-order valence-electron chi connectivity index (χ2n) is 4.89. The van der Waals surface area contributed by atoms with E-state index in [1.54, 1.807) is 24.3 Å². The van der Waals surface area contributed by atoms with Crippen LogP contribution in [0.3, 0.4) is 0 Å². The van der Waals surface area contributed by atoms with Crippen LogP contribution < -0.4 is 4.90 Å². The summed E-state index contributed by atoms with van der Waals surface area (Å²) in [4.78, 5) is 27.0. The molecule has 0 spiro atoms. The highest BCUT2D eigenvalue weighted by Gasteiger charge is 2.56. The van der Waals surface area contributed by atoms with E-state index in [2.05, 4.69) is 0 Å². The summed E-state index contributed by atoms with van der Waals surface area (Å²) in [6.45, 7) is 0. The van der Waals surface area contributed by atoms with Crippen LogP contribution in [0.4, 0.5) is 5.69 Å². The molecule has 1 saturated heterocycles. The van der Waals surface area contributed by atoms with Crippen LogP contribution in [-0.4, -0.2) is 45.9 Å². The van der Waals surface area contributed by atoms with Gasteiger partial charge in [-0.25, -0.2) is 0 Å². The number of benzene rings is 1. The number of hydrogen-bond acceptors (Lipinski definition) is 4. The van der Waals surface area contributed by atoms with Crippen LogP contribution in [0.5, 0.6) is 0 Å². The Labute approximate surface area is 109 Å². The molecule has 1 aromatic rings. The normalized spacial score (nSPS) is 30.2. The molecule has 6 heteroatoms. The van der Waals surface area contributed by atoms with Crippen LogP contribution in [0.25, 0.3) is 0 Å². The molecule has 2 unspecified atom stereocenters. The van der Waals surface area contributed by atoms with Gasteiger partial charge in [0.2, 0.25) is 5.72 Å². The lowest BCUT2D eigenvalue weighted by atomic mass is 10.1. The van der Waals surface area contributed by atoms with E-state index in [1.807, 2.05) is 0 Å². The van der Waals surface area contributed by atoms with Crippen molar-refractivity contribution in [2.75, 3.05) is 11.9 Å². The zero-order valence-electron chi connectivity index (χ0n) is 10.4. The van der Waals surface area contributed by atoms with Crippen molar-refractivity contribution < 1.29 is 19.8 Å². The third-order valence-electron chi connectivity index (χ3n) is 3.81. The average Bonchev–Trinajstić information content (AvgIpc) is 2.70. The average molecular weight is 262 g/mol. The predicted octanol–water partition coefficient (Wildman–Crippen LogP) is -0.0940. The Bertz CT molecular complexity index is 574. The molecular weight excluding hydrogens is 248 g/mol. The quantitative estimate of drug-likeness (QED) is 0.684. The minimum Gasteiger partial charge on any atom is -0.373 e. The Morgan fingerprint density at radius 2 is 2.00 bits per heavy atom. The molecule has 3 rings (SSSR count). The van der Waals surface area contributed by atoms with Gasteiger partial charge in [-0.1, -0.05) is 12.1 Å². The Kier molecular flexibility index (Phi) is 2.42. The first kappa shape index (κ1) is 12.1. The maximum Gasteiger partial charge on any atom is 0.280 e. The molecule has 0 aliphatic carbocycles. The molecule has 100 valence electrons. The summed E-state index contributed by atoms with van der Waals surface area (Å²) in [5, 5.41) is 20.4. The molecule has 0 radical (unpaired) electrons. The number of rotatable bonds is 0. The number of aliphatic hydroxyl groups excluding tert-OH is 1. The van der Waals surface area contributed by atoms with Crippen molar-refractivity contribution in [2.45, 2.75) is 24.8 Å². The largest absolute Gasteiger partial charge is 0.373 e. The van der Waals surface area contributed by atoms with Gasteiger partial charge >= 0.3 is 0 Å². The smallest absolute Gasteiger partial charge is 0.280 e. The fourth-order valence-electron chi connectivity index (χ4n) is 2.79. The van der Waals surface area contributed by atoms with E-state index in [0.29, 0.717) is 11.3 Å². The number of carbonyl (C=O) groups is 2. The molecule has 2 aliphatic heterocycles. The summed E-state index contributed by atoms with van der Waals surface area (Å²) in [7, 11) is 1.51. The maximum atomic E-state index is 12.5. The van der Waals surface area contributed by atoms with Crippen molar-refractivity contribution in [3.8, 4) is 0 Å². The first-order chi connectivity index (χ1) is 8.97. The van der Waals surface area contributed by atoms with Gasteiger partial charge in [0, 0.05) is 13.5 Å². The van der Waals surface area contributed by atoms with Crippen molar-refractivity contribution in [1.29, 1.82) is 0 Å². The zero-order valence-corrected chi connectivity index (χ0v) is 10.4. The van der Waals surface area contributed by atoms with Gasteiger partial charge < -0.3 is 15.1 Å². The van der Waals surface area contributed by atoms with Crippen molar-refractivity contribution in [3.05, 3.63) is 29.8 Å². The summed E-state index contributed by atoms with van der Waals surface area (Å²) in [5.74, 6) is -1.12. The van der Waals surface area contributed by atoms with Gasteiger partial charge in [-0.3, -0.25) is 14.5 Å². The van der Waals surface area contributed by atoms with Gasteiger partial charge in [-0.15, -0.1) is 0 Å². The van der Waals surface area contributed by atoms with E-state index in [4.69, 9.17) is 0 Å². The second-order valence-corrected chi connectivity index (χ2v) is 4.89. The van der Waals surface area contributed by atoms with Crippen LogP contribution in [0, 0.1) is 0 Å². The highest BCUT2D eigenvalue weighted by molar-refractivity contribution is 6.12. The van der Waals surface area contributed by atoms with Crippen LogP contribution in [-0.2, 0) is 4.79 Å². The summed E-state index contributed by atoms with van der Waals surface area (Å²) in [5.41, 5.74) is -1.22. The van der Waals surface area contributed by atoms with E-state index in [0.717, 1.165) is 4.90 Å². The molecule has 2 heterocycles. The minimum atomic E-state index is -1.95. The number of aliphatic hydroxyl groups is 2. The van der Waals surface area contributed by atoms with E-state index < -0.39 is 23.8 Å². The number of hydrogen-bond donors (Lipinski definition) is 2. The molecule has 6 nitrogen and oxygen atoms in total. The van der Waals surface area contributed by atoms with E-state index >= 15 is 0 Å². The van der Waals surface area contributed by atoms with Crippen LogP contribution in [0.2, 0.25) is 0 Å². The van der Waals surface area contributed by atoms with Crippen LogP contribution >= 0.6 is 0 Å². The summed E-state index contributed by atoms with van der Waals surface area (Å²) < 4.78 is 0. The predicted molar refractivity (Wildman–Crippen MR) is 66.2 cm³/mol. The number of carbonyl (C=O) groups excluding carboxylic acids is 2. The highest BCUT2D eigenvalue weighted by Crippen LogP contribution is 2.39. The fourth-order valence-corrected chi connectivity index (χ4v) is 2.79. The first-order valence-electron chi connectivity index (χ1n) is 6.08. The first-order valence-corrected chi connectivity index (χ1v) is 6.08. The number of anilines is 1. The molecule has 2 aliphatic rings. The fraction of sp³-hybridized carbons (Fsp3) is 0.385. The lowest BCUT2D eigenvalue weighted by molar-refractivity contribution is -0.157. The summed E-state index contributed by atoms with van der Waals surface area (Å²) in [6, 6.07) is 6.62. The van der Waals surface area contributed by atoms with Crippen molar-refractivity contribution >= 4 is 17.5 Å². The Hall–Kier alpha value is -1.92. The van der Waals surface area contributed by atoms with Crippen LogP contribution in [0.1, 0.15) is 23.2 Å². The molecule has 2 amide bonds. The lowest BCUT2D eigenvalue weighted by Gasteiger charge is -2.32. The topological polar surface area (TPSA) is 81.1 Å². The van der Waals surface area contributed by atoms with Gasteiger partial charge in [0.05, 0.1) is 11.3 Å². The maximum absolute atomic E-state index is 12.5. The highest BCUT2D eigenvalue weighted by atomic mass is 16.4. The molecule has 0 aromatic heterocycles. The van der Waals surface area contributed by atoms with Gasteiger partial charge in [-0.2, -0.15) is 0 Å². The van der Waals surface area contributed by atoms with Gasteiger partial charge in [0.25, 0.3) is 11.8 Å². The van der Waals surface area contributed by atoms with Crippen molar-refractivity contribution in [1.82, 2.24) is 4.90 Å². The van der Waals surface area contributed by atoms with Crippen LogP contribution in [0.15, 0.2) is 24.3 Å². The standard InChI is InChI=1S/C13H14N2O4/c1-14-9-5-3-2-4-8(9)11(17)15-10(16)6-7-13(15,19)12(14)18/h2-5,10,16,19H,6-7H2,1H3. The molecule has 1 aromatic carbocycles. The second kappa shape index (κ2) is 3.79. The zero-order chi connectivity index (χ0) is 13.8. The summed E-state index contributed by atoms with van der Waals surface area (Å²) in [6.07, 6.45) is -0.915. The molecule has 0 bridgehead atoms. The molecular formula is C13H14N2O4. The molecule has 1 fully saturated rings. The summed E-state index contributed by atoms with van der Waals surface area (Å²) >= 11 is 0. The van der Waals surface area contributed by atoms with Gasteiger partial charge in [0.15, 0.2) is 0 Å². The third-order valence-corrected chi connectivity index (χ3v) is 3.81. The van der Waals surface area contributed by atoms with Gasteiger partial charge in [-0.05, 0) is 18.6 Å². The van der Waals surface area contributed by atoms with E-state index in [-0.39, 0.29) is 12.8 Å². The molecule has 2 N–H and O–H groups in total. The number of nitrogens with zero attached hydrogens (tertiary/aromatic N) is 2.